The molecule has 1 atom stereocenters. The molecular formula is C20H26N2S. The smallest absolute Gasteiger partial charge is 0.171 e. The second-order valence-electron chi connectivity index (χ2n) is 6.19. The molecule has 0 saturated carbocycles. The summed E-state index contributed by atoms with van der Waals surface area (Å²) >= 11 is 5.44. The van der Waals surface area contributed by atoms with Crippen LogP contribution in [0.2, 0.25) is 0 Å². The molecule has 0 bridgehead atoms. The van der Waals surface area contributed by atoms with Crippen molar-refractivity contribution in [2.75, 3.05) is 5.32 Å². The SMILES string of the molecule is CCCc1ccc(C(C)NC(=S)Nc2cc(C)cc(C)c2)cc1. The summed E-state index contributed by atoms with van der Waals surface area (Å²) in [7, 11) is 0. The lowest BCUT2D eigenvalue weighted by molar-refractivity contribution is 0.722. The predicted molar refractivity (Wildman–Crippen MR) is 104 cm³/mol. The number of hydrogen-bond donors (Lipinski definition) is 2. The standard InChI is InChI=1S/C20H26N2S/c1-5-6-17-7-9-18(10-8-17)16(4)21-20(23)22-19-12-14(2)11-15(3)13-19/h7-13,16H,5-6H2,1-4H3,(H2,21,22,23). The lowest BCUT2D eigenvalue weighted by Gasteiger charge is -2.18. The summed E-state index contributed by atoms with van der Waals surface area (Å²) in [6.07, 6.45) is 2.31. The molecule has 0 aromatic heterocycles. The number of anilines is 1. The first kappa shape index (κ1) is 17.5. The van der Waals surface area contributed by atoms with Crippen molar-refractivity contribution in [3.63, 3.8) is 0 Å². The number of thiocarbonyl (C=S) groups is 1. The van der Waals surface area contributed by atoms with Gasteiger partial charge in [-0.25, -0.2) is 0 Å². The van der Waals surface area contributed by atoms with Gasteiger partial charge in [-0.3, -0.25) is 0 Å². The molecule has 2 N–H and O–H groups in total. The zero-order valence-corrected chi connectivity index (χ0v) is 15.3. The largest absolute Gasteiger partial charge is 0.356 e. The Labute approximate surface area is 145 Å². The molecule has 3 heteroatoms. The molecule has 0 radical (unpaired) electrons. The fourth-order valence-electron chi connectivity index (χ4n) is 2.76. The van der Waals surface area contributed by atoms with Crippen LogP contribution in [-0.4, -0.2) is 5.11 Å². The molecule has 0 spiro atoms. The Morgan fingerprint density at radius 1 is 1.04 bits per heavy atom. The zero-order valence-electron chi connectivity index (χ0n) is 14.4. The highest BCUT2D eigenvalue weighted by molar-refractivity contribution is 7.80. The van der Waals surface area contributed by atoms with Crippen molar-refractivity contribution in [3.05, 3.63) is 64.7 Å². The monoisotopic (exact) mass is 326 g/mol. The minimum Gasteiger partial charge on any atom is -0.356 e. The molecule has 2 aromatic rings. The Hall–Kier alpha value is -1.87. The second-order valence-corrected chi connectivity index (χ2v) is 6.60. The van der Waals surface area contributed by atoms with Gasteiger partial charge in [0, 0.05) is 5.69 Å². The van der Waals surface area contributed by atoms with E-state index < -0.39 is 0 Å². The third-order valence-corrected chi connectivity index (χ3v) is 4.07. The van der Waals surface area contributed by atoms with Crippen molar-refractivity contribution in [2.24, 2.45) is 0 Å². The van der Waals surface area contributed by atoms with E-state index in [0.717, 1.165) is 12.1 Å². The molecule has 0 aliphatic carbocycles. The highest BCUT2D eigenvalue weighted by Crippen LogP contribution is 2.16. The minimum atomic E-state index is 0.177. The third-order valence-electron chi connectivity index (χ3n) is 3.85. The van der Waals surface area contributed by atoms with Crippen LogP contribution in [0.15, 0.2) is 42.5 Å². The van der Waals surface area contributed by atoms with Crippen LogP contribution in [0.4, 0.5) is 5.69 Å². The fraction of sp³-hybridized carbons (Fsp3) is 0.350. The van der Waals surface area contributed by atoms with Crippen molar-refractivity contribution in [2.45, 2.75) is 46.6 Å². The first-order valence-electron chi connectivity index (χ1n) is 8.22. The van der Waals surface area contributed by atoms with E-state index in [2.05, 4.69) is 80.8 Å². The Bertz CT molecular complexity index is 642. The van der Waals surface area contributed by atoms with Gasteiger partial charge in [0.15, 0.2) is 5.11 Å². The summed E-state index contributed by atoms with van der Waals surface area (Å²) in [6, 6.07) is 15.3. The Balaban J connectivity index is 1.96. The van der Waals surface area contributed by atoms with E-state index in [9.17, 15) is 0 Å². The van der Waals surface area contributed by atoms with Crippen LogP contribution in [0.25, 0.3) is 0 Å². The summed E-state index contributed by atoms with van der Waals surface area (Å²) in [4.78, 5) is 0. The number of rotatable bonds is 5. The van der Waals surface area contributed by atoms with E-state index in [1.54, 1.807) is 0 Å². The summed E-state index contributed by atoms with van der Waals surface area (Å²) in [5.41, 5.74) is 6.13. The van der Waals surface area contributed by atoms with Gasteiger partial charge in [0.2, 0.25) is 0 Å². The van der Waals surface area contributed by atoms with Crippen LogP contribution < -0.4 is 10.6 Å². The molecular weight excluding hydrogens is 300 g/mol. The second kappa shape index (κ2) is 8.11. The normalized spacial score (nSPS) is 11.8. The molecule has 0 aliphatic rings. The number of hydrogen-bond acceptors (Lipinski definition) is 1. The lowest BCUT2D eigenvalue weighted by Crippen LogP contribution is -2.30. The minimum absolute atomic E-state index is 0.177. The molecule has 0 aliphatic heterocycles. The quantitative estimate of drug-likeness (QED) is 0.729. The molecule has 0 fully saturated rings. The first-order chi connectivity index (χ1) is 11.0. The van der Waals surface area contributed by atoms with Gasteiger partial charge in [-0.2, -0.15) is 0 Å². The van der Waals surface area contributed by atoms with E-state index in [1.807, 2.05) is 0 Å². The highest BCUT2D eigenvalue weighted by Gasteiger charge is 2.07. The average Bonchev–Trinajstić information content (AvgIpc) is 2.47. The van der Waals surface area contributed by atoms with Crippen molar-refractivity contribution in [1.29, 1.82) is 0 Å². The van der Waals surface area contributed by atoms with Crippen LogP contribution >= 0.6 is 12.2 Å². The maximum atomic E-state index is 5.44. The molecule has 2 rings (SSSR count). The fourth-order valence-corrected chi connectivity index (χ4v) is 3.05. The number of aryl methyl sites for hydroxylation is 3. The van der Waals surface area contributed by atoms with Crippen molar-refractivity contribution in [1.82, 2.24) is 5.32 Å². The van der Waals surface area contributed by atoms with Crippen LogP contribution in [0.3, 0.4) is 0 Å². The van der Waals surface area contributed by atoms with Gasteiger partial charge in [-0.15, -0.1) is 0 Å². The summed E-state index contributed by atoms with van der Waals surface area (Å²) in [5.74, 6) is 0. The lowest BCUT2D eigenvalue weighted by atomic mass is 10.0. The molecule has 2 nitrogen and oxygen atoms in total. The van der Waals surface area contributed by atoms with Gasteiger partial charge < -0.3 is 10.6 Å². The van der Waals surface area contributed by atoms with Crippen LogP contribution in [0, 0.1) is 13.8 Å². The van der Waals surface area contributed by atoms with E-state index in [-0.39, 0.29) is 6.04 Å². The van der Waals surface area contributed by atoms with Gasteiger partial charge in [0.05, 0.1) is 6.04 Å². The third kappa shape index (κ3) is 5.36. The maximum absolute atomic E-state index is 5.44. The summed E-state index contributed by atoms with van der Waals surface area (Å²) in [5, 5.41) is 7.28. The first-order valence-corrected chi connectivity index (χ1v) is 8.63. The maximum Gasteiger partial charge on any atom is 0.171 e. The van der Waals surface area contributed by atoms with E-state index in [1.165, 1.54) is 28.7 Å². The summed E-state index contributed by atoms with van der Waals surface area (Å²) < 4.78 is 0. The van der Waals surface area contributed by atoms with Crippen molar-refractivity contribution >= 4 is 23.0 Å². The molecule has 2 aromatic carbocycles. The average molecular weight is 327 g/mol. The van der Waals surface area contributed by atoms with E-state index in [0.29, 0.717) is 5.11 Å². The topological polar surface area (TPSA) is 24.1 Å². The van der Waals surface area contributed by atoms with Gasteiger partial charge in [0.1, 0.15) is 0 Å². The predicted octanol–water partition coefficient (Wildman–Crippen LogP) is 5.30. The van der Waals surface area contributed by atoms with E-state index >= 15 is 0 Å². The van der Waals surface area contributed by atoms with Crippen LogP contribution in [-0.2, 0) is 6.42 Å². The van der Waals surface area contributed by atoms with Crippen LogP contribution in [0.1, 0.15) is 48.6 Å². The van der Waals surface area contributed by atoms with Gasteiger partial charge in [-0.05, 0) is 73.8 Å². The Morgan fingerprint density at radius 2 is 1.65 bits per heavy atom. The van der Waals surface area contributed by atoms with Crippen LogP contribution in [0.5, 0.6) is 0 Å². The van der Waals surface area contributed by atoms with Gasteiger partial charge in [-0.1, -0.05) is 43.7 Å². The zero-order chi connectivity index (χ0) is 16.8. The number of benzene rings is 2. The van der Waals surface area contributed by atoms with E-state index in [4.69, 9.17) is 12.2 Å². The molecule has 0 saturated heterocycles. The van der Waals surface area contributed by atoms with Crippen molar-refractivity contribution in [3.8, 4) is 0 Å². The van der Waals surface area contributed by atoms with Gasteiger partial charge in [0.25, 0.3) is 0 Å². The molecule has 23 heavy (non-hydrogen) atoms. The Morgan fingerprint density at radius 3 is 2.22 bits per heavy atom. The highest BCUT2D eigenvalue weighted by atomic mass is 32.1. The Kier molecular flexibility index (Phi) is 6.17. The van der Waals surface area contributed by atoms with Crippen molar-refractivity contribution < 1.29 is 0 Å². The molecule has 0 amide bonds. The number of nitrogens with one attached hydrogen (secondary N) is 2. The summed E-state index contributed by atoms with van der Waals surface area (Å²) in [6.45, 7) is 8.52. The molecule has 122 valence electrons. The van der Waals surface area contributed by atoms with Gasteiger partial charge >= 0.3 is 0 Å². The molecule has 1 unspecified atom stereocenters. The molecule has 0 heterocycles.